The number of hydrogen-bond donors (Lipinski definition) is 1. The minimum atomic E-state index is -1.21. The van der Waals surface area contributed by atoms with Gasteiger partial charge in [-0.3, -0.25) is 10.1 Å². The molecule has 0 aliphatic carbocycles. The van der Waals surface area contributed by atoms with Crippen molar-refractivity contribution in [1.29, 1.82) is 0 Å². The number of aromatic nitrogens is 1. The van der Waals surface area contributed by atoms with Crippen LogP contribution in [0, 0.1) is 22.0 Å². The van der Waals surface area contributed by atoms with Crippen molar-refractivity contribution in [2.45, 2.75) is 13.5 Å². The van der Waals surface area contributed by atoms with E-state index in [-0.39, 0.29) is 17.9 Å². The van der Waals surface area contributed by atoms with Crippen molar-refractivity contribution in [2.75, 3.05) is 0 Å². The molecule has 0 amide bonds. The Morgan fingerprint density at radius 1 is 1.73 bits per heavy atom. The monoisotopic (exact) mass is 208 g/mol. The molecule has 0 spiro atoms. The van der Waals surface area contributed by atoms with Crippen LogP contribution in [0.25, 0.3) is 0 Å². The molecule has 1 aromatic heterocycles. The Balaban J connectivity index is 3.15. The highest BCUT2D eigenvalue weighted by Gasteiger charge is 2.17. The molecule has 6 nitrogen and oxygen atoms in total. The summed E-state index contributed by atoms with van der Waals surface area (Å²) in [5.41, 5.74) is -0.380. The van der Waals surface area contributed by atoms with Gasteiger partial charge in [-0.05, 0) is 6.92 Å². The number of aromatic carboxylic acids is 1. The summed E-state index contributed by atoms with van der Waals surface area (Å²) in [7, 11) is 0. The van der Waals surface area contributed by atoms with Crippen LogP contribution in [-0.2, 0) is 6.54 Å². The summed E-state index contributed by atoms with van der Waals surface area (Å²) in [6.07, 6.45) is 1.16. The highest BCUT2D eigenvalue weighted by Crippen LogP contribution is 2.16. The van der Waals surface area contributed by atoms with Crippen molar-refractivity contribution in [3.63, 3.8) is 0 Å². The molecule has 0 aliphatic rings. The van der Waals surface area contributed by atoms with Crippen LogP contribution in [0.4, 0.5) is 5.69 Å². The molecule has 6 heteroatoms. The third kappa shape index (κ3) is 2.34. The maximum absolute atomic E-state index is 10.7. The number of hydrogen-bond acceptors (Lipinski definition) is 3. The Morgan fingerprint density at radius 2 is 2.40 bits per heavy atom. The number of carboxylic acids is 1. The van der Waals surface area contributed by atoms with E-state index >= 15 is 0 Å². The fraction of sp³-hybridized carbons (Fsp3) is 0.222. The SMILES string of the molecule is CC#CCn1cc([N+](=O)[O-])cc1C(=O)O. The number of nitro groups is 1. The first-order valence-electron chi connectivity index (χ1n) is 4.03. The highest BCUT2D eigenvalue weighted by atomic mass is 16.6. The fourth-order valence-corrected chi connectivity index (χ4v) is 1.07. The predicted octanol–water partition coefficient (Wildman–Crippen LogP) is 1.12. The second-order valence-corrected chi connectivity index (χ2v) is 2.70. The average molecular weight is 208 g/mol. The topological polar surface area (TPSA) is 85.4 Å². The van der Waals surface area contributed by atoms with Gasteiger partial charge in [-0.25, -0.2) is 4.79 Å². The zero-order valence-corrected chi connectivity index (χ0v) is 7.93. The molecule has 1 rings (SSSR count). The van der Waals surface area contributed by atoms with Gasteiger partial charge >= 0.3 is 5.97 Å². The summed E-state index contributed by atoms with van der Waals surface area (Å²) in [5, 5.41) is 19.2. The molecule has 0 aromatic carbocycles. The van der Waals surface area contributed by atoms with E-state index in [1.165, 1.54) is 4.57 Å². The quantitative estimate of drug-likeness (QED) is 0.458. The maximum Gasteiger partial charge on any atom is 0.352 e. The van der Waals surface area contributed by atoms with Crippen LogP contribution >= 0.6 is 0 Å². The first kappa shape index (κ1) is 10.8. The van der Waals surface area contributed by atoms with Gasteiger partial charge in [-0.1, -0.05) is 5.92 Å². The molecular formula is C9H8N2O4. The van der Waals surface area contributed by atoms with Crippen molar-refractivity contribution in [1.82, 2.24) is 4.57 Å². The van der Waals surface area contributed by atoms with Gasteiger partial charge in [0, 0.05) is 6.07 Å². The van der Waals surface area contributed by atoms with E-state index in [2.05, 4.69) is 11.8 Å². The zero-order chi connectivity index (χ0) is 11.4. The van der Waals surface area contributed by atoms with Gasteiger partial charge in [0.1, 0.15) is 5.69 Å². The van der Waals surface area contributed by atoms with Crippen LogP contribution in [0.1, 0.15) is 17.4 Å². The van der Waals surface area contributed by atoms with Crippen LogP contribution in [0.5, 0.6) is 0 Å². The van der Waals surface area contributed by atoms with Gasteiger partial charge in [0.2, 0.25) is 0 Å². The molecule has 0 aliphatic heterocycles. The lowest BCUT2D eigenvalue weighted by molar-refractivity contribution is -0.384. The fourth-order valence-electron chi connectivity index (χ4n) is 1.07. The van der Waals surface area contributed by atoms with Gasteiger partial charge < -0.3 is 9.67 Å². The summed E-state index contributed by atoms with van der Waals surface area (Å²) in [6.45, 7) is 1.74. The molecule has 1 aromatic rings. The van der Waals surface area contributed by atoms with Crippen molar-refractivity contribution in [3.05, 3.63) is 28.1 Å². The van der Waals surface area contributed by atoms with Gasteiger partial charge in [0.25, 0.3) is 5.69 Å². The van der Waals surface area contributed by atoms with Crippen LogP contribution in [0.2, 0.25) is 0 Å². The Bertz CT molecular complexity index is 464. The molecule has 1 heterocycles. The summed E-state index contributed by atoms with van der Waals surface area (Å²) >= 11 is 0. The second-order valence-electron chi connectivity index (χ2n) is 2.70. The van der Waals surface area contributed by atoms with E-state index in [9.17, 15) is 14.9 Å². The Kier molecular flexibility index (Phi) is 3.08. The molecule has 0 atom stereocenters. The first-order valence-corrected chi connectivity index (χ1v) is 4.03. The number of carbonyl (C=O) groups is 1. The van der Waals surface area contributed by atoms with Gasteiger partial charge in [-0.15, -0.1) is 5.92 Å². The molecule has 0 fully saturated rings. The van der Waals surface area contributed by atoms with Crippen LogP contribution < -0.4 is 0 Å². The number of carboxylic acid groups (broad SMARTS) is 1. The third-order valence-electron chi connectivity index (χ3n) is 1.74. The number of rotatable bonds is 3. The molecule has 0 bridgehead atoms. The average Bonchev–Trinajstić information content (AvgIpc) is 2.58. The molecular weight excluding hydrogens is 200 g/mol. The second kappa shape index (κ2) is 4.28. The lowest BCUT2D eigenvalue weighted by atomic mass is 10.4. The van der Waals surface area contributed by atoms with E-state index < -0.39 is 10.9 Å². The zero-order valence-electron chi connectivity index (χ0n) is 7.93. The molecule has 0 unspecified atom stereocenters. The normalized spacial score (nSPS) is 9.13. The molecule has 1 N–H and O–H groups in total. The lowest BCUT2D eigenvalue weighted by Gasteiger charge is -1.97. The van der Waals surface area contributed by atoms with Crippen LogP contribution in [-0.4, -0.2) is 20.6 Å². The third-order valence-corrected chi connectivity index (χ3v) is 1.74. The molecule has 0 radical (unpaired) electrons. The molecule has 15 heavy (non-hydrogen) atoms. The Labute approximate surface area is 85.3 Å². The van der Waals surface area contributed by atoms with Crippen LogP contribution in [0.15, 0.2) is 12.3 Å². The van der Waals surface area contributed by atoms with E-state index in [0.29, 0.717) is 0 Å². The molecule has 0 saturated carbocycles. The minimum Gasteiger partial charge on any atom is -0.477 e. The van der Waals surface area contributed by atoms with Crippen molar-refractivity contribution in [2.24, 2.45) is 0 Å². The van der Waals surface area contributed by atoms with Crippen molar-refractivity contribution < 1.29 is 14.8 Å². The van der Waals surface area contributed by atoms with Gasteiger partial charge in [0.05, 0.1) is 17.7 Å². The van der Waals surface area contributed by atoms with Crippen molar-refractivity contribution >= 4 is 11.7 Å². The molecule has 78 valence electrons. The number of nitrogens with zero attached hydrogens (tertiary/aromatic N) is 2. The summed E-state index contributed by atoms with van der Waals surface area (Å²) < 4.78 is 1.23. The summed E-state index contributed by atoms with van der Waals surface area (Å²) in [5.74, 6) is 4.02. The predicted molar refractivity (Wildman–Crippen MR) is 51.5 cm³/mol. The smallest absolute Gasteiger partial charge is 0.352 e. The van der Waals surface area contributed by atoms with E-state index in [1.807, 2.05) is 0 Å². The van der Waals surface area contributed by atoms with E-state index in [1.54, 1.807) is 6.92 Å². The van der Waals surface area contributed by atoms with Gasteiger partial charge in [-0.2, -0.15) is 0 Å². The van der Waals surface area contributed by atoms with Crippen LogP contribution in [0.3, 0.4) is 0 Å². The van der Waals surface area contributed by atoms with Crippen molar-refractivity contribution in [3.8, 4) is 11.8 Å². The largest absolute Gasteiger partial charge is 0.477 e. The van der Waals surface area contributed by atoms with Gasteiger partial charge in [0.15, 0.2) is 0 Å². The Hall–Kier alpha value is -2.29. The standard InChI is InChI=1S/C9H8N2O4/c1-2-3-4-10-6-7(11(14)15)5-8(10)9(12)13/h5-6H,4H2,1H3,(H,12,13). The Morgan fingerprint density at radius 3 is 2.87 bits per heavy atom. The molecule has 0 saturated heterocycles. The highest BCUT2D eigenvalue weighted by molar-refractivity contribution is 5.86. The lowest BCUT2D eigenvalue weighted by Crippen LogP contribution is -2.06. The first-order chi connectivity index (χ1) is 7.06. The summed E-state index contributed by atoms with van der Waals surface area (Å²) in [4.78, 5) is 20.5. The summed E-state index contributed by atoms with van der Waals surface area (Å²) in [6, 6.07) is 1.01. The van der Waals surface area contributed by atoms with E-state index in [0.717, 1.165) is 12.3 Å². The minimum absolute atomic E-state index is 0.131. The maximum atomic E-state index is 10.7. The van der Waals surface area contributed by atoms with E-state index in [4.69, 9.17) is 5.11 Å².